The van der Waals surface area contributed by atoms with E-state index in [2.05, 4.69) is 18.7 Å². The number of nitrogens with two attached hydrogens (primary N) is 2. The van der Waals surface area contributed by atoms with Gasteiger partial charge in [-0.05, 0) is 38.1 Å². The van der Waals surface area contributed by atoms with Crippen LogP contribution in [-0.2, 0) is 4.79 Å². The van der Waals surface area contributed by atoms with Gasteiger partial charge in [-0.3, -0.25) is 4.79 Å². The van der Waals surface area contributed by atoms with Crippen molar-refractivity contribution in [3.8, 4) is 0 Å². The van der Waals surface area contributed by atoms with E-state index in [0.717, 1.165) is 25.0 Å². The summed E-state index contributed by atoms with van der Waals surface area (Å²) in [6, 6.07) is 0.249. The number of primary amides is 1. The Morgan fingerprint density at radius 3 is 2.31 bits per heavy atom. The minimum Gasteiger partial charge on any atom is -0.368 e. The molecule has 0 spiro atoms. The Balaban J connectivity index is 2.25. The second-order valence-electron chi connectivity index (χ2n) is 5.25. The normalized spacial score (nSPS) is 18.1. The SMILES string of the molecule is CC(C)CCN(CCC(N)C(N)=O)C1CC1. The van der Waals surface area contributed by atoms with Gasteiger partial charge in [0.25, 0.3) is 0 Å². The molecule has 1 unspecified atom stereocenters. The van der Waals surface area contributed by atoms with Gasteiger partial charge in [-0.2, -0.15) is 0 Å². The summed E-state index contributed by atoms with van der Waals surface area (Å²) in [5, 5.41) is 0. The number of nitrogens with zero attached hydrogens (tertiary/aromatic N) is 1. The average Bonchev–Trinajstić information content (AvgIpc) is 3.00. The molecule has 1 saturated carbocycles. The second kappa shape index (κ2) is 6.21. The second-order valence-corrected chi connectivity index (χ2v) is 5.25. The summed E-state index contributed by atoms with van der Waals surface area (Å²) in [5.41, 5.74) is 10.8. The Hall–Kier alpha value is -0.610. The predicted molar refractivity (Wildman–Crippen MR) is 65.8 cm³/mol. The summed E-state index contributed by atoms with van der Waals surface area (Å²) in [4.78, 5) is 13.3. The van der Waals surface area contributed by atoms with E-state index >= 15 is 0 Å². The molecule has 0 saturated heterocycles. The fourth-order valence-electron chi connectivity index (χ4n) is 1.79. The van der Waals surface area contributed by atoms with E-state index in [9.17, 15) is 4.79 Å². The van der Waals surface area contributed by atoms with Gasteiger partial charge in [0.15, 0.2) is 0 Å². The number of carbonyl (C=O) groups excluding carboxylic acids is 1. The summed E-state index contributed by atoms with van der Waals surface area (Å²) >= 11 is 0. The number of amides is 1. The molecule has 0 aromatic rings. The third-order valence-electron chi connectivity index (χ3n) is 3.15. The first-order valence-corrected chi connectivity index (χ1v) is 6.29. The molecule has 0 aromatic heterocycles. The number of rotatable bonds is 8. The first-order valence-electron chi connectivity index (χ1n) is 6.29. The minimum absolute atomic E-state index is 0.389. The monoisotopic (exact) mass is 227 g/mol. The number of carbonyl (C=O) groups is 1. The van der Waals surface area contributed by atoms with Gasteiger partial charge in [-0.25, -0.2) is 0 Å². The molecule has 4 nitrogen and oxygen atoms in total. The molecule has 16 heavy (non-hydrogen) atoms. The van der Waals surface area contributed by atoms with Crippen LogP contribution < -0.4 is 11.5 Å². The lowest BCUT2D eigenvalue weighted by molar-refractivity contribution is -0.119. The van der Waals surface area contributed by atoms with Crippen LogP contribution in [0.3, 0.4) is 0 Å². The Morgan fingerprint density at radius 1 is 1.31 bits per heavy atom. The van der Waals surface area contributed by atoms with Crippen LogP contribution in [0.2, 0.25) is 0 Å². The molecule has 1 fully saturated rings. The minimum atomic E-state index is -0.486. The summed E-state index contributed by atoms with van der Waals surface area (Å²) in [6.07, 6.45) is 4.49. The van der Waals surface area contributed by atoms with Gasteiger partial charge in [-0.1, -0.05) is 13.8 Å². The van der Waals surface area contributed by atoms with Crippen LogP contribution in [0, 0.1) is 5.92 Å². The Morgan fingerprint density at radius 2 is 1.88 bits per heavy atom. The van der Waals surface area contributed by atoms with Gasteiger partial charge < -0.3 is 16.4 Å². The smallest absolute Gasteiger partial charge is 0.234 e. The van der Waals surface area contributed by atoms with E-state index in [1.807, 2.05) is 0 Å². The number of hydrogen-bond acceptors (Lipinski definition) is 3. The van der Waals surface area contributed by atoms with Crippen LogP contribution in [-0.4, -0.2) is 36.0 Å². The zero-order chi connectivity index (χ0) is 12.1. The molecule has 4 heteroatoms. The van der Waals surface area contributed by atoms with E-state index in [-0.39, 0.29) is 5.91 Å². The molecule has 1 rings (SSSR count). The van der Waals surface area contributed by atoms with Gasteiger partial charge in [0, 0.05) is 12.6 Å². The van der Waals surface area contributed by atoms with Gasteiger partial charge in [0.05, 0.1) is 6.04 Å². The zero-order valence-electron chi connectivity index (χ0n) is 10.5. The molecule has 0 bridgehead atoms. The topological polar surface area (TPSA) is 72.3 Å². The highest BCUT2D eigenvalue weighted by Gasteiger charge is 2.28. The Bertz CT molecular complexity index is 226. The molecular formula is C12H25N3O. The Labute approximate surface area is 98.3 Å². The third kappa shape index (κ3) is 4.94. The van der Waals surface area contributed by atoms with Crippen LogP contribution in [0.1, 0.15) is 39.5 Å². The van der Waals surface area contributed by atoms with E-state index in [0.29, 0.717) is 6.42 Å². The summed E-state index contributed by atoms with van der Waals surface area (Å²) < 4.78 is 0. The van der Waals surface area contributed by atoms with Crippen molar-refractivity contribution in [1.29, 1.82) is 0 Å². The van der Waals surface area contributed by atoms with Crippen molar-refractivity contribution >= 4 is 5.91 Å². The van der Waals surface area contributed by atoms with Crippen molar-refractivity contribution in [2.75, 3.05) is 13.1 Å². The van der Waals surface area contributed by atoms with Gasteiger partial charge in [0.2, 0.25) is 5.91 Å². The highest BCUT2D eigenvalue weighted by atomic mass is 16.1. The van der Waals surface area contributed by atoms with Crippen molar-refractivity contribution in [3.05, 3.63) is 0 Å². The third-order valence-corrected chi connectivity index (χ3v) is 3.15. The zero-order valence-corrected chi connectivity index (χ0v) is 10.5. The first kappa shape index (κ1) is 13.5. The van der Waals surface area contributed by atoms with Crippen LogP contribution in [0.15, 0.2) is 0 Å². The molecule has 0 aliphatic heterocycles. The maximum absolute atomic E-state index is 10.8. The molecule has 1 amide bonds. The molecule has 1 aliphatic carbocycles. The highest BCUT2D eigenvalue weighted by molar-refractivity contribution is 5.79. The molecule has 94 valence electrons. The van der Waals surface area contributed by atoms with Crippen LogP contribution in [0.4, 0.5) is 0 Å². The highest BCUT2D eigenvalue weighted by Crippen LogP contribution is 2.27. The number of hydrogen-bond donors (Lipinski definition) is 2. The molecule has 1 atom stereocenters. The molecule has 4 N–H and O–H groups in total. The first-order chi connectivity index (χ1) is 7.50. The quantitative estimate of drug-likeness (QED) is 0.641. The maximum Gasteiger partial charge on any atom is 0.234 e. The van der Waals surface area contributed by atoms with E-state index < -0.39 is 6.04 Å². The fourth-order valence-corrected chi connectivity index (χ4v) is 1.79. The van der Waals surface area contributed by atoms with Crippen LogP contribution in [0.5, 0.6) is 0 Å². The lowest BCUT2D eigenvalue weighted by Gasteiger charge is -2.23. The van der Waals surface area contributed by atoms with Crippen molar-refractivity contribution in [3.63, 3.8) is 0 Å². The molecule has 0 radical (unpaired) electrons. The van der Waals surface area contributed by atoms with Crippen molar-refractivity contribution in [2.45, 2.75) is 51.6 Å². The summed E-state index contributed by atoms with van der Waals surface area (Å²) in [5.74, 6) is 0.339. The average molecular weight is 227 g/mol. The van der Waals surface area contributed by atoms with Crippen LogP contribution >= 0.6 is 0 Å². The van der Waals surface area contributed by atoms with Gasteiger partial charge in [0.1, 0.15) is 0 Å². The van der Waals surface area contributed by atoms with Gasteiger partial charge in [-0.15, -0.1) is 0 Å². The fraction of sp³-hybridized carbons (Fsp3) is 0.917. The maximum atomic E-state index is 10.8. The summed E-state index contributed by atoms with van der Waals surface area (Å²) in [6.45, 7) is 6.50. The Kier molecular flexibility index (Phi) is 5.22. The van der Waals surface area contributed by atoms with E-state index in [1.54, 1.807) is 0 Å². The molecule has 0 aromatic carbocycles. The van der Waals surface area contributed by atoms with E-state index in [1.165, 1.54) is 19.3 Å². The lowest BCUT2D eigenvalue weighted by atomic mass is 10.1. The van der Waals surface area contributed by atoms with Crippen LogP contribution in [0.25, 0.3) is 0 Å². The molecule has 0 heterocycles. The predicted octanol–water partition coefficient (Wildman–Crippen LogP) is 0.700. The van der Waals surface area contributed by atoms with Crippen molar-refractivity contribution in [1.82, 2.24) is 4.90 Å². The lowest BCUT2D eigenvalue weighted by Crippen LogP contribution is -2.40. The molecular weight excluding hydrogens is 202 g/mol. The van der Waals surface area contributed by atoms with Gasteiger partial charge >= 0.3 is 0 Å². The molecule has 1 aliphatic rings. The largest absolute Gasteiger partial charge is 0.368 e. The van der Waals surface area contributed by atoms with E-state index in [4.69, 9.17) is 11.5 Å². The standard InChI is InChI=1S/C12H25N3O/c1-9(2)5-7-15(10-3-4-10)8-6-11(13)12(14)16/h9-11H,3-8,13H2,1-2H3,(H2,14,16). The van der Waals surface area contributed by atoms with Crippen molar-refractivity contribution in [2.24, 2.45) is 17.4 Å². The summed E-state index contributed by atoms with van der Waals surface area (Å²) in [7, 11) is 0. The van der Waals surface area contributed by atoms with Crippen molar-refractivity contribution < 1.29 is 4.79 Å².